The molecule has 1 aromatic carbocycles. The number of benzene rings is 1. The summed E-state index contributed by atoms with van der Waals surface area (Å²) in [6.45, 7) is 6.00. The summed E-state index contributed by atoms with van der Waals surface area (Å²) in [6, 6.07) is 7.80. The number of aryl methyl sites for hydroxylation is 2. The third-order valence-corrected chi connectivity index (χ3v) is 4.93. The quantitative estimate of drug-likeness (QED) is 0.733. The van der Waals surface area contributed by atoms with E-state index in [9.17, 15) is 4.79 Å². The number of ether oxygens (including phenoxy) is 1. The molecule has 0 radical (unpaired) electrons. The monoisotopic (exact) mass is 344 g/mol. The molecular weight excluding hydrogens is 324 g/mol. The van der Waals surface area contributed by atoms with Crippen LogP contribution in [0.1, 0.15) is 36.1 Å². The van der Waals surface area contributed by atoms with E-state index < -0.39 is 0 Å². The normalized spacial score (nSPS) is 12.3. The maximum Gasteiger partial charge on any atom is 0.300 e. The highest BCUT2D eigenvalue weighted by molar-refractivity contribution is 7.16. The summed E-state index contributed by atoms with van der Waals surface area (Å²) in [6.07, 6.45) is 0. The molecule has 126 valence electrons. The van der Waals surface area contributed by atoms with Crippen molar-refractivity contribution in [2.24, 2.45) is 12.0 Å². The van der Waals surface area contributed by atoms with E-state index in [1.54, 1.807) is 13.2 Å². The second-order valence-electron chi connectivity index (χ2n) is 5.88. The number of fused-ring (bicyclic) bond motifs is 1. The highest BCUT2D eigenvalue weighted by atomic mass is 32.1. The molecule has 0 bridgehead atoms. The first-order valence-electron chi connectivity index (χ1n) is 7.70. The van der Waals surface area contributed by atoms with Gasteiger partial charge >= 0.3 is 0 Å². The molecule has 0 aliphatic carbocycles. The molecule has 0 N–H and O–H groups in total. The highest BCUT2D eigenvalue weighted by Gasteiger charge is 2.14. The van der Waals surface area contributed by atoms with E-state index in [2.05, 4.69) is 10.1 Å². The zero-order valence-corrected chi connectivity index (χ0v) is 15.2. The highest BCUT2D eigenvalue weighted by Crippen LogP contribution is 2.26. The number of thiazole rings is 1. The molecule has 24 heavy (non-hydrogen) atoms. The minimum absolute atomic E-state index is 0.205. The standard InChI is InChI=1S/C17H20N4O2S/c1-10(2)21-11(3)9-12(19-21)16(22)18-17-20(4)15-13(23-5)7-6-8-14(15)24-17/h6-10H,1-5H3. The summed E-state index contributed by atoms with van der Waals surface area (Å²) < 4.78 is 10.1. The van der Waals surface area contributed by atoms with Crippen molar-refractivity contribution in [3.8, 4) is 5.75 Å². The predicted octanol–water partition coefficient (Wildman–Crippen LogP) is 3.08. The van der Waals surface area contributed by atoms with Gasteiger partial charge in [0.1, 0.15) is 11.3 Å². The van der Waals surface area contributed by atoms with Gasteiger partial charge in [-0.15, -0.1) is 0 Å². The van der Waals surface area contributed by atoms with E-state index in [1.165, 1.54) is 11.3 Å². The number of hydrogen-bond acceptors (Lipinski definition) is 4. The predicted molar refractivity (Wildman–Crippen MR) is 94.6 cm³/mol. The molecule has 6 nitrogen and oxygen atoms in total. The van der Waals surface area contributed by atoms with Crippen LogP contribution in [0.25, 0.3) is 10.2 Å². The Bertz CT molecular complexity index is 978. The maximum atomic E-state index is 12.5. The Hall–Kier alpha value is -2.41. The number of methoxy groups -OCH3 is 1. The van der Waals surface area contributed by atoms with Gasteiger partial charge in [-0.3, -0.25) is 9.48 Å². The van der Waals surface area contributed by atoms with Gasteiger partial charge in [-0.2, -0.15) is 10.1 Å². The molecule has 3 aromatic rings. The zero-order valence-electron chi connectivity index (χ0n) is 14.4. The van der Waals surface area contributed by atoms with Gasteiger partial charge in [0.15, 0.2) is 10.5 Å². The molecule has 3 rings (SSSR count). The average Bonchev–Trinajstić information content (AvgIpc) is 3.08. The van der Waals surface area contributed by atoms with Gasteiger partial charge in [0, 0.05) is 18.8 Å². The number of hydrogen-bond donors (Lipinski definition) is 0. The van der Waals surface area contributed by atoms with Crippen molar-refractivity contribution in [3.05, 3.63) is 40.5 Å². The fourth-order valence-electron chi connectivity index (χ4n) is 2.70. The molecule has 2 aromatic heterocycles. The van der Waals surface area contributed by atoms with Crippen LogP contribution in [0.4, 0.5) is 0 Å². The van der Waals surface area contributed by atoms with E-state index in [0.29, 0.717) is 10.5 Å². The summed E-state index contributed by atoms with van der Waals surface area (Å²) in [5.74, 6) is 0.429. The summed E-state index contributed by atoms with van der Waals surface area (Å²) in [4.78, 5) is 17.4. The van der Waals surface area contributed by atoms with Crippen molar-refractivity contribution in [1.82, 2.24) is 14.3 Å². The number of para-hydroxylation sites is 1. The van der Waals surface area contributed by atoms with Crippen molar-refractivity contribution in [1.29, 1.82) is 0 Å². The minimum atomic E-state index is -0.335. The van der Waals surface area contributed by atoms with Crippen molar-refractivity contribution in [2.75, 3.05) is 7.11 Å². The fraction of sp³-hybridized carbons (Fsp3) is 0.353. The number of amides is 1. The fourth-order valence-corrected chi connectivity index (χ4v) is 3.73. The molecule has 2 heterocycles. The molecule has 1 amide bonds. The largest absolute Gasteiger partial charge is 0.495 e. The van der Waals surface area contributed by atoms with Gasteiger partial charge < -0.3 is 9.30 Å². The van der Waals surface area contributed by atoms with Crippen LogP contribution in [0.5, 0.6) is 5.75 Å². The molecule has 0 aliphatic rings. The average molecular weight is 344 g/mol. The summed E-state index contributed by atoms with van der Waals surface area (Å²) in [5.41, 5.74) is 2.25. The Morgan fingerprint density at radius 1 is 1.38 bits per heavy atom. The van der Waals surface area contributed by atoms with Crippen LogP contribution in [-0.2, 0) is 7.05 Å². The number of carbonyl (C=O) groups is 1. The molecule has 0 atom stereocenters. The van der Waals surface area contributed by atoms with Gasteiger partial charge in [0.2, 0.25) is 0 Å². The van der Waals surface area contributed by atoms with Crippen LogP contribution in [0.3, 0.4) is 0 Å². The number of nitrogens with zero attached hydrogens (tertiary/aromatic N) is 4. The van der Waals surface area contributed by atoms with Crippen LogP contribution >= 0.6 is 11.3 Å². The lowest BCUT2D eigenvalue weighted by Gasteiger charge is -2.06. The molecular formula is C17H20N4O2S. The van der Waals surface area contributed by atoms with Gasteiger partial charge in [-0.25, -0.2) is 0 Å². The van der Waals surface area contributed by atoms with Crippen LogP contribution in [0, 0.1) is 6.92 Å². The third kappa shape index (κ3) is 2.75. The van der Waals surface area contributed by atoms with E-state index in [4.69, 9.17) is 4.74 Å². The van der Waals surface area contributed by atoms with Gasteiger partial charge in [-0.05, 0) is 39.0 Å². The van der Waals surface area contributed by atoms with Gasteiger partial charge in [-0.1, -0.05) is 17.4 Å². The van der Waals surface area contributed by atoms with Crippen LogP contribution in [0.15, 0.2) is 29.3 Å². The number of rotatable bonds is 3. The molecule has 0 aliphatic heterocycles. The van der Waals surface area contributed by atoms with E-state index >= 15 is 0 Å². The van der Waals surface area contributed by atoms with E-state index in [-0.39, 0.29) is 11.9 Å². The van der Waals surface area contributed by atoms with Crippen LogP contribution in [0.2, 0.25) is 0 Å². The second kappa shape index (κ2) is 6.24. The van der Waals surface area contributed by atoms with Crippen LogP contribution < -0.4 is 9.54 Å². The zero-order chi connectivity index (χ0) is 17.4. The Balaban J connectivity index is 2.08. The van der Waals surface area contributed by atoms with Gasteiger partial charge in [0.25, 0.3) is 5.91 Å². The SMILES string of the molecule is COc1cccc2sc(=NC(=O)c3cc(C)n(C(C)C)n3)n(C)c12. The Labute approximate surface area is 144 Å². The Morgan fingerprint density at radius 3 is 2.75 bits per heavy atom. The van der Waals surface area contributed by atoms with Crippen molar-refractivity contribution in [3.63, 3.8) is 0 Å². The molecule has 7 heteroatoms. The van der Waals surface area contributed by atoms with E-state index in [0.717, 1.165) is 21.7 Å². The second-order valence-corrected chi connectivity index (χ2v) is 6.89. The summed E-state index contributed by atoms with van der Waals surface area (Å²) in [7, 11) is 3.52. The number of aromatic nitrogens is 3. The lowest BCUT2D eigenvalue weighted by molar-refractivity contribution is 0.0992. The Kier molecular flexibility index (Phi) is 4.28. The van der Waals surface area contributed by atoms with Crippen molar-refractivity contribution in [2.45, 2.75) is 26.8 Å². The van der Waals surface area contributed by atoms with Crippen LogP contribution in [-0.4, -0.2) is 27.4 Å². The first kappa shape index (κ1) is 16.4. The lowest BCUT2D eigenvalue weighted by atomic mass is 10.3. The summed E-state index contributed by atoms with van der Waals surface area (Å²) in [5, 5.41) is 4.37. The topological polar surface area (TPSA) is 61.4 Å². The van der Waals surface area contributed by atoms with Crippen molar-refractivity contribution < 1.29 is 9.53 Å². The molecule has 0 spiro atoms. The summed E-state index contributed by atoms with van der Waals surface area (Å²) >= 11 is 1.45. The maximum absolute atomic E-state index is 12.5. The Morgan fingerprint density at radius 2 is 2.12 bits per heavy atom. The minimum Gasteiger partial charge on any atom is -0.495 e. The van der Waals surface area contributed by atoms with Gasteiger partial charge in [0.05, 0.1) is 11.8 Å². The van der Waals surface area contributed by atoms with Crippen molar-refractivity contribution >= 4 is 27.5 Å². The molecule has 0 unspecified atom stereocenters. The molecule has 0 saturated carbocycles. The molecule has 0 saturated heterocycles. The molecule has 0 fully saturated rings. The first-order valence-corrected chi connectivity index (χ1v) is 8.51. The smallest absolute Gasteiger partial charge is 0.300 e. The number of carbonyl (C=O) groups excluding carboxylic acids is 1. The lowest BCUT2D eigenvalue weighted by Crippen LogP contribution is -2.14. The third-order valence-electron chi connectivity index (χ3n) is 3.83. The van der Waals surface area contributed by atoms with E-state index in [1.807, 2.05) is 55.3 Å². The first-order chi connectivity index (χ1) is 11.4.